The Morgan fingerprint density at radius 2 is 1.77 bits per heavy atom. The lowest BCUT2D eigenvalue weighted by atomic mass is 9.44. The van der Waals surface area contributed by atoms with Crippen LogP contribution in [-0.4, -0.2) is 5.78 Å². The zero-order valence-corrected chi connectivity index (χ0v) is 16.5. The summed E-state index contributed by atoms with van der Waals surface area (Å²) in [5.41, 5.74) is 1.61. The van der Waals surface area contributed by atoms with Crippen molar-refractivity contribution >= 4 is 16.6 Å². The highest BCUT2D eigenvalue weighted by atomic mass is 16.1. The largest absolute Gasteiger partial charge is 0.299 e. The van der Waals surface area contributed by atoms with Crippen molar-refractivity contribution in [2.24, 2.45) is 34.5 Å². The molecule has 0 N–H and O–H groups in total. The Kier molecular flexibility index (Phi) is 3.31. The highest BCUT2D eigenvalue weighted by Gasteiger charge is 2.69. The maximum Gasteiger partial charge on any atom is 0.139 e. The van der Waals surface area contributed by atoms with E-state index in [2.05, 4.69) is 70.2 Å². The van der Waals surface area contributed by atoms with Gasteiger partial charge in [-0.15, -0.1) is 0 Å². The van der Waals surface area contributed by atoms with Crippen LogP contribution in [0.25, 0.3) is 10.8 Å². The van der Waals surface area contributed by atoms with Gasteiger partial charge in [0.1, 0.15) is 5.78 Å². The van der Waals surface area contributed by atoms with Crippen LogP contribution in [0.3, 0.4) is 0 Å². The molecule has 26 heavy (non-hydrogen) atoms. The molecule has 0 unspecified atom stereocenters. The second-order valence-corrected chi connectivity index (χ2v) is 10.2. The minimum atomic E-state index is -0.193. The van der Waals surface area contributed by atoms with Gasteiger partial charge in [-0.3, -0.25) is 4.79 Å². The summed E-state index contributed by atoms with van der Waals surface area (Å²) >= 11 is 0. The van der Waals surface area contributed by atoms with E-state index in [0.717, 1.165) is 18.8 Å². The highest BCUT2D eigenvalue weighted by Crippen LogP contribution is 2.73. The minimum Gasteiger partial charge on any atom is -0.299 e. The molecule has 2 aromatic carbocycles. The molecular formula is C25H30O. The number of carbonyl (C=O) groups is 1. The predicted octanol–water partition coefficient (Wildman–Crippen LogP) is 6.22. The fourth-order valence-electron chi connectivity index (χ4n) is 7.49. The van der Waals surface area contributed by atoms with Gasteiger partial charge in [0.25, 0.3) is 0 Å². The molecule has 0 saturated heterocycles. The van der Waals surface area contributed by atoms with Crippen LogP contribution in [0, 0.1) is 34.5 Å². The van der Waals surface area contributed by atoms with Crippen molar-refractivity contribution in [2.45, 2.75) is 52.9 Å². The van der Waals surface area contributed by atoms with E-state index in [0.29, 0.717) is 34.9 Å². The number of ketones is 1. The van der Waals surface area contributed by atoms with Crippen LogP contribution in [0.1, 0.15) is 58.4 Å². The number of Topliss-reactive ketones (excluding diaryl/α,β-unsaturated/α-hetero) is 1. The summed E-state index contributed by atoms with van der Waals surface area (Å²) in [6.45, 7) is 9.57. The Labute approximate surface area is 157 Å². The molecule has 2 aromatic rings. The van der Waals surface area contributed by atoms with E-state index in [1.165, 1.54) is 22.8 Å². The molecule has 136 valence electrons. The lowest BCUT2D eigenvalue weighted by Gasteiger charge is -2.58. The summed E-state index contributed by atoms with van der Waals surface area (Å²) in [4.78, 5) is 13.2. The smallest absolute Gasteiger partial charge is 0.139 e. The van der Waals surface area contributed by atoms with Gasteiger partial charge in [0, 0.05) is 17.8 Å². The van der Waals surface area contributed by atoms with Crippen molar-refractivity contribution in [3.8, 4) is 0 Å². The molecule has 4 aliphatic rings. The van der Waals surface area contributed by atoms with Crippen molar-refractivity contribution in [1.82, 2.24) is 0 Å². The Hall–Kier alpha value is -1.63. The van der Waals surface area contributed by atoms with Gasteiger partial charge in [-0.2, -0.15) is 0 Å². The lowest BCUT2D eigenvalue weighted by Crippen LogP contribution is -2.56. The molecule has 0 spiro atoms. The third-order valence-corrected chi connectivity index (χ3v) is 8.46. The summed E-state index contributed by atoms with van der Waals surface area (Å²) in [5, 5.41) is 2.67. The topological polar surface area (TPSA) is 17.1 Å². The number of hydrogen-bond acceptors (Lipinski definition) is 1. The highest BCUT2D eigenvalue weighted by molar-refractivity contribution is 5.91. The maximum absolute atomic E-state index is 13.2. The van der Waals surface area contributed by atoms with Crippen LogP contribution in [0.4, 0.5) is 0 Å². The van der Waals surface area contributed by atoms with E-state index in [1.54, 1.807) is 0 Å². The van der Waals surface area contributed by atoms with Gasteiger partial charge in [0.05, 0.1) is 0 Å². The fourth-order valence-corrected chi connectivity index (χ4v) is 7.49. The molecule has 1 nitrogen and oxygen atoms in total. The van der Waals surface area contributed by atoms with Gasteiger partial charge < -0.3 is 0 Å². The van der Waals surface area contributed by atoms with Crippen LogP contribution in [0.5, 0.6) is 0 Å². The van der Waals surface area contributed by atoms with E-state index in [1.807, 2.05) is 0 Å². The van der Waals surface area contributed by atoms with E-state index in [-0.39, 0.29) is 5.41 Å². The van der Waals surface area contributed by atoms with Gasteiger partial charge in [0.15, 0.2) is 0 Å². The average molecular weight is 347 g/mol. The summed E-state index contributed by atoms with van der Waals surface area (Å²) in [6, 6.07) is 15.5. The molecule has 1 heteroatoms. The van der Waals surface area contributed by atoms with E-state index in [4.69, 9.17) is 0 Å². The van der Waals surface area contributed by atoms with Crippen molar-refractivity contribution in [3.05, 3.63) is 48.0 Å². The normalized spacial score (nSPS) is 41.3. The number of rotatable bonds is 2. The van der Waals surface area contributed by atoms with E-state index in [9.17, 15) is 4.79 Å². The van der Waals surface area contributed by atoms with Crippen LogP contribution >= 0.6 is 0 Å². The molecule has 0 aromatic heterocycles. The Balaban J connectivity index is 1.75. The first-order valence-electron chi connectivity index (χ1n) is 10.4. The van der Waals surface area contributed by atoms with Gasteiger partial charge in [0.2, 0.25) is 0 Å². The number of fused-ring (bicyclic) bond motifs is 2. The summed E-state index contributed by atoms with van der Waals surface area (Å²) in [7, 11) is 0. The first kappa shape index (κ1) is 16.5. The Morgan fingerprint density at radius 3 is 2.54 bits per heavy atom. The Morgan fingerprint density at radius 1 is 1.04 bits per heavy atom. The van der Waals surface area contributed by atoms with Crippen LogP contribution in [-0.2, 0) is 4.79 Å². The second-order valence-electron chi connectivity index (χ2n) is 10.2. The Bertz CT molecular complexity index is 891. The third kappa shape index (κ3) is 1.95. The monoisotopic (exact) mass is 346 g/mol. The van der Waals surface area contributed by atoms with Gasteiger partial charge in [-0.05, 0) is 58.3 Å². The molecule has 0 aliphatic heterocycles. The molecule has 6 rings (SSSR count). The zero-order valence-electron chi connectivity index (χ0n) is 16.5. The molecule has 0 radical (unpaired) electrons. The summed E-state index contributed by atoms with van der Waals surface area (Å²) in [6.07, 6.45) is 3.21. The van der Waals surface area contributed by atoms with Gasteiger partial charge in [-0.1, -0.05) is 70.2 Å². The molecular weight excluding hydrogens is 316 g/mol. The molecule has 4 saturated carbocycles. The molecule has 0 amide bonds. The van der Waals surface area contributed by atoms with Crippen molar-refractivity contribution in [1.29, 1.82) is 0 Å². The van der Waals surface area contributed by atoms with Crippen LogP contribution in [0.2, 0.25) is 0 Å². The van der Waals surface area contributed by atoms with E-state index >= 15 is 0 Å². The maximum atomic E-state index is 13.2. The van der Waals surface area contributed by atoms with Crippen LogP contribution < -0.4 is 0 Å². The standard InChI is InChI=1S/C25H30O/c1-15(2)19-13-24(3)14-25(4)21(26)12-20(24)22(19)23(25)18-11-7-9-16-8-5-6-10-17(16)18/h5-11,15,19-20,22-23H,12-14H2,1-4H3/t19-,20+,22+,23-,24+,25-/m0/s1. The molecule has 4 fully saturated rings. The van der Waals surface area contributed by atoms with Crippen LogP contribution in [0.15, 0.2) is 42.5 Å². The van der Waals surface area contributed by atoms with Gasteiger partial charge in [-0.25, -0.2) is 0 Å². The second kappa shape index (κ2) is 5.21. The quantitative estimate of drug-likeness (QED) is 0.631. The lowest BCUT2D eigenvalue weighted by molar-refractivity contribution is -0.151. The SMILES string of the molecule is CC(C)[C@@H]1C[C@]2(C)C[C@@]3(C)C(=O)C[C@@H]2[C@@H]1[C@@H]3c1cccc2ccccc12. The molecule has 4 bridgehead atoms. The molecule has 4 aliphatic carbocycles. The zero-order chi connectivity index (χ0) is 18.3. The van der Waals surface area contributed by atoms with Crippen molar-refractivity contribution < 1.29 is 4.79 Å². The first-order valence-corrected chi connectivity index (χ1v) is 10.4. The fraction of sp³-hybridized carbons (Fsp3) is 0.560. The van der Waals surface area contributed by atoms with Gasteiger partial charge >= 0.3 is 0 Å². The first-order chi connectivity index (χ1) is 12.3. The van der Waals surface area contributed by atoms with E-state index < -0.39 is 0 Å². The predicted molar refractivity (Wildman–Crippen MR) is 107 cm³/mol. The number of benzene rings is 2. The minimum absolute atomic E-state index is 0.193. The van der Waals surface area contributed by atoms with Crippen molar-refractivity contribution in [2.75, 3.05) is 0 Å². The van der Waals surface area contributed by atoms with Crippen molar-refractivity contribution in [3.63, 3.8) is 0 Å². The number of carbonyl (C=O) groups excluding carboxylic acids is 1. The molecule has 6 atom stereocenters. The summed E-state index contributed by atoms with van der Waals surface area (Å²) < 4.78 is 0. The average Bonchev–Trinajstić information content (AvgIpc) is 2.83. The summed E-state index contributed by atoms with van der Waals surface area (Å²) in [5.74, 6) is 3.57. The molecule has 0 heterocycles. The third-order valence-electron chi connectivity index (χ3n) is 8.46. The number of hydrogen-bond donors (Lipinski definition) is 0.